The van der Waals surface area contributed by atoms with Gasteiger partial charge in [0.1, 0.15) is 0 Å². The second-order valence-corrected chi connectivity index (χ2v) is 6.22. The lowest BCUT2D eigenvalue weighted by Gasteiger charge is -2.31. The summed E-state index contributed by atoms with van der Waals surface area (Å²) in [5.41, 5.74) is 4.38. The highest BCUT2D eigenvalue weighted by Gasteiger charge is 2.39. The van der Waals surface area contributed by atoms with Gasteiger partial charge in [-0.15, -0.1) is 0 Å². The lowest BCUT2D eigenvalue weighted by molar-refractivity contribution is 0.252. The molecule has 2 unspecified atom stereocenters. The van der Waals surface area contributed by atoms with Crippen LogP contribution in [0.3, 0.4) is 0 Å². The van der Waals surface area contributed by atoms with E-state index in [9.17, 15) is 0 Å². The normalized spacial score (nSPS) is 22.2. The van der Waals surface area contributed by atoms with E-state index in [1.807, 2.05) is 12.4 Å². The molecule has 1 heterocycles. The summed E-state index contributed by atoms with van der Waals surface area (Å²) >= 11 is 0. The monoisotopic (exact) mass is 255 g/mol. The number of aromatic amines is 1. The SMILES string of the molecule is CC(NC1c2ccccc2CC1(C)C)c1cn[nH]c1. The largest absolute Gasteiger partial charge is 0.303 e. The van der Waals surface area contributed by atoms with E-state index in [2.05, 4.69) is 60.6 Å². The van der Waals surface area contributed by atoms with Crippen molar-refractivity contribution < 1.29 is 0 Å². The van der Waals surface area contributed by atoms with Gasteiger partial charge >= 0.3 is 0 Å². The van der Waals surface area contributed by atoms with Crippen molar-refractivity contribution in [2.45, 2.75) is 39.3 Å². The maximum Gasteiger partial charge on any atom is 0.0534 e. The smallest absolute Gasteiger partial charge is 0.0534 e. The van der Waals surface area contributed by atoms with E-state index in [1.165, 1.54) is 16.7 Å². The Balaban J connectivity index is 1.87. The molecule has 0 spiro atoms. The Hall–Kier alpha value is -1.61. The van der Waals surface area contributed by atoms with Crippen molar-refractivity contribution in [1.82, 2.24) is 15.5 Å². The molecule has 3 nitrogen and oxygen atoms in total. The van der Waals surface area contributed by atoms with Crippen LogP contribution in [0.1, 0.15) is 49.5 Å². The molecular weight excluding hydrogens is 234 g/mol. The molecule has 0 fully saturated rings. The molecule has 0 saturated heterocycles. The molecule has 3 heteroatoms. The first-order valence-electron chi connectivity index (χ1n) is 6.90. The summed E-state index contributed by atoms with van der Waals surface area (Å²) in [4.78, 5) is 0. The van der Waals surface area contributed by atoms with Crippen LogP contribution < -0.4 is 5.32 Å². The molecule has 1 aliphatic rings. The number of hydrogen-bond donors (Lipinski definition) is 2. The summed E-state index contributed by atoms with van der Waals surface area (Å²) in [6.45, 7) is 6.88. The number of aromatic nitrogens is 2. The van der Waals surface area contributed by atoms with Crippen molar-refractivity contribution in [2.24, 2.45) is 5.41 Å². The Bertz CT molecular complexity index is 557. The molecule has 2 aromatic rings. The standard InChI is InChI=1S/C16H21N3/c1-11(13-9-17-18-10-13)19-15-14-7-5-4-6-12(14)8-16(15,2)3/h4-7,9-11,15,19H,8H2,1-3H3,(H,17,18). The lowest BCUT2D eigenvalue weighted by Crippen LogP contribution is -2.32. The topological polar surface area (TPSA) is 40.7 Å². The van der Waals surface area contributed by atoms with Gasteiger partial charge in [-0.3, -0.25) is 5.10 Å². The maximum atomic E-state index is 4.03. The molecule has 100 valence electrons. The molecule has 1 aromatic heterocycles. The minimum absolute atomic E-state index is 0.252. The van der Waals surface area contributed by atoms with Crippen LogP contribution >= 0.6 is 0 Å². The predicted octanol–water partition coefficient (Wildman–Crippen LogP) is 3.38. The van der Waals surface area contributed by atoms with Crippen LogP contribution in [0.4, 0.5) is 0 Å². The molecule has 0 bridgehead atoms. The van der Waals surface area contributed by atoms with Gasteiger partial charge in [-0.25, -0.2) is 0 Å². The van der Waals surface area contributed by atoms with Crippen LogP contribution in [0.5, 0.6) is 0 Å². The highest BCUT2D eigenvalue weighted by molar-refractivity contribution is 5.37. The highest BCUT2D eigenvalue weighted by atomic mass is 15.1. The van der Waals surface area contributed by atoms with Gasteiger partial charge in [-0.2, -0.15) is 5.10 Å². The second-order valence-electron chi connectivity index (χ2n) is 6.22. The van der Waals surface area contributed by atoms with E-state index < -0.39 is 0 Å². The van der Waals surface area contributed by atoms with Gasteiger partial charge in [0.05, 0.1) is 6.20 Å². The van der Waals surface area contributed by atoms with Crippen molar-refractivity contribution in [1.29, 1.82) is 0 Å². The van der Waals surface area contributed by atoms with Crippen molar-refractivity contribution in [2.75, 3.05) is 0 Å². The molecular formula is C16H21N3. The minimum Gasteiger partial charge on any atom is -0.303 e. The van der Waals surface area contributed by atoms with Crippen molar-refractivity contribution in [3.8, 4) is 0 Å². The second kappa shape index (κ2) is 4.49. The molecule has 0 amide bonds. The van der Waals surface area contributed by atoms with Crippen LogP contribution in [0, 0.1) is 5.41 Å². The first kappa shape index (κ1) is 12.4. The number of rotatable bonds is 3. The Morgan fingerprint density at radius 2 is 2.16 bits per heavy atom. The molecule has 2 N–H and O–H groups in total. The van der Waals surface area contributed by atoms with Crippen molar-refractivity contribution in [3.05, 3.63) is 53.3 Å². The lowest BCUT2D eigenvalue weighted by atomic mass is 9.85. The Morgan fingerprint density at radius 3 is 2.89 bits per heavy atom. The fourth-order valence-corrected chi connectivity index (χ4v) is 3.15. The molecule has 1 aliphatic carbocycles. The zero-order valence-electron chi connectivity index (χ0n) is 11.8. The van der Waals surface area contributed by atoms with E-state index in [4.69, 9.17) is 0 Å². The fourth-order valence-electron chi connectivity index (χ4n) is 3.15. The van der Waals surface area contributed by atoms with E-state index in [-0.39, 0.29) is 5.41 Å². The van der Waals surface area contributed by atoms with Crippen LogP contribution in [0.15, 0.2) is 36.7 Å². The van der Waals surface area contributed by atoms with Crippen LogP contribution in [-0.2, 0) is 6.42 Å². The molecule has 2 atom stereocenters. The number of hydrogen-bond acceptors (Lipinski definition) is 2. The number of H-pyrrole nitrogens is 1. The first-order chi connectivity index (χ1) is 9.08. The zero-order valence-corrected chi connectivity index (χ0v) is 11.8. The van der Waals surface area contributed by atoms with Gasteiger partial charge in [0.15, 0.2) is 0 Å². The van der Waals surface area contributed by atoms with Crippen LogP contribution in [0.2, 0.25) is 0 Å². The molecule has 0 saturated carbocycles. The van der Waals surface area contributed by atoms with Crippen molar-refractivity contribution in [3.63, 3.8) is 0 Å². The average molecular weight is 255 g/mol. The summed E-state index contributed by atoms with van der Waals surface area (Å²) in [6, 6.07) is 9.47. The third-order valence-electron chi connectivity index (χ3n) is 4.23. The van der Waals surface area contributed by atoms with E-state index >= 15 is 0 Å². The third kappa shape index (κ3) is 2.19. The maximum absolute atomic E-state index is 4.03. The Kier molecular flexibility index (Phi) is 2.94. The summed E-state index contributed by atoms with van der Waals surface area (Å²) in [6.07, 6.45) is 5.00. The summed E-state index contributed by atoms with van der Waals surface area (Å²) in [5, 5.41) is 10.7. The molecule has 3 rings (SSSR count). The molecule has 19 heavy (non-hydrogen) atoms. The summed E-state index contributed by atoms with van der Waals surface area (Å²) < 4.78 is 0. The summed E-state index contributed by atoms with van der Waals surface area (Å²) in [7, 11) is 0. The van der Waals surface area contributed by atoms with Gasteiger partial charge in [0.2, 0.25) is 0 Å². The zero-order chi connectivity index (χ0) is 13.5. The summed E-state index contributed by atoms with van der Waals surface area (Å²) in [5.74, 6) is 0. The Labute approximate surface area is 114 Å². The molecule has 1 aromatic carbocycles. The highest BCUT2D eigenvalue weighted by Crippen LogP contribution is 2.45. The molecule has 0 radical (unpaired) electrons. The fraction of sp³-hybridized carbons (Fsp3) is 0.438. The Morgan fingerprint density at radius 1 is 1.37 bits per heavy atom. The van der Waals surface area contributed by atoms with Gasteiger partial charge in [0, 0.05) is 23.8 Å². The van der Waals surface area contributed by atoms with Gasteiger partial charge in [-0.05, 0) is 29.9 Å². The quantitative estimate of drug-likeness (QED) is 0.882. The van der Waals surface area contributed by atoms with E-state index in [0.29, 0.717) is 12.1 Å². The number of benzene rings is 1. The molecule has 0 aliphatic heterocycles. The van der Waals surface area contributed by atoms with E-state index in [0.717, 1.165) is 6.42 Å². The van der Waals surface area contributed by atoms with Crippen LogP contribution in [0.25, 0.3) is 0 Å². The van der Waals surface area contributed by atoms with E-state index in [1.54, 1.807) is 0 Å². The third-order valence-corrected chi connectivity index (χ3v) is 4.23. The number of nitrogens with zero attached hydrogens (tertiary/aromatic N) is 1. The van der Waals surface area contributed by atoms with Crippen molar-refractivity contribution >= 4 is 0 Å². The minimum atomic E-state index is 0.252. The number of nitrogens with one attached hydrogen (secondary N) is 2. The van der Waals surface area contributed by atoms with Gasteiger partial charge in [0.25, 0.3) is 0 Å². The average Bonchev–Trinajstić information content (AvgIpc) is 2.96. The van der Waals surface area contributed by atoms with Gasteiger partial charge in [-0.1, -0.05) is 38.1 Å². The number of fused-ring (bicyclic) bond motifs is 1. The van der Waals surface area contributed by atoms with Crippen LogP contribution in [-0.4, -0.2) is 10.2 Å². The first-order valence-corrected chi connectivity index (χ1v) is 6.90. The predicted molar refractivity (Wildman–Crippen MR) is 76.8 cm³/mol. The van der Waals surface area contributed by atoms with Gasteiger partial charge < -0.3 is 5.32 Å².